The zero-order chi connectivity index (χ0) is 13.6. The fourth-order valence-electron chi connectivity index (χ4n) is 1.72. The van der Waals surface area contributed by atoms with Crippen molar-refractivity contribution in [2.45, 2.75) is 33.2 Å². The highest BCUT2D eigenvalue weighted by Crippen LogP contribution is 2.20. The predicted molar refractivity (Wildman–Crippen MR) is 73.3 cm³/mol. The van der Waals surface area contributed by atoms with E-state index in [0.29, 0.717) is 12.2 Å². The van der Waals surface area contributed by atoms with Crippen molar-refractivity contribution in [3.63, 3.8) is 0 Å². The van der Waals surface area contributed by atoms with Crippen LogP contribution in [0, 0.1) is 0 Å². The smallest absolute Gasteiger partial charge is 0.211 e. The van der Waals surface area contributed by atoms with Gasteiger partial charge in [-0.25, -0.2) is 13.1 Å². The van der Waals surface area contributed by atoms with Crippen molar-refractivity contribution in [3.8, 4) is 5.75 Å². The average Bonchev–Trinajstić information content (AvgIpc) is 2.36. The SMILES string of the molecule is CCCS(=O)(=O)NCc1cc(CC)ccc1OC. The Kier molecular flexibility index (Phi) is 5.62. The van der Waals surface area contributed by atoms with Gasteiger partial charge < -0.3 is 4.74 Å². The Morgan fingerprint density at radius 1 is 1.28 bits per heavy atom. The van der Waals surface area contributed by atoms with Crippen LogP contribution in [0.5, 0.6) is 5.75 Å². The van der Waals surface area contributed by atoms with Crippen LogP contribution in [0.4, 0.5) is 0 Å². The molecule has 0 saturated heterocycles. The normalized spacial score (nSPS) is 11.5. The zero-order valence-corrected chi connectivity index (χ0v) is 12.0. The molecular weight excluding hydrogens is 250 g/mol. The molecule has 0 amide bonds. The lowest BCUT2D eigenvalue weighted by Crippen LogP contribution is -2.25. The summed E-state index contributed by atoms with van der Waals surface area (Å²) < 4.78 is 31.0. The number of nitrogens with one attached hydrogen (secondary N) is 1. The maximum absolute atomic E-state index is 11.6. The number of ether oxygens (including phenoxy) is 1. The van der Waals surface area contributed by atoms with Crippen LogP contribution in [0.25, 0.3) is 0 Å². The maximum atomic E-state index is 11.6. The summed E-state index contributed by atoms with van der Waals surface area (Å²) in [5, 5.41) is 0. The molecule has 1 aromatic carbocycles. The molecule has 1 rings (SSSR count). The van der Waals surface area contributed by atoms with Crippen LogP contribution in [0.1, 0.15) is 31.4 Å². The number of rotatable bonds is 7. The van der Waals surface area contributed by atoms with Crippen molar-refractivity contribution in [2.24, 2.45) is 0 Å². The third-order valence-electron chi connectivity index (χ3n) is 2.71. The second kappa shape index (κ2) is 6.75. The second-order valence-corrected chi connectivity index (χ2v) is 6.07. The van der Waals surface area contributed by atoms with Gasteiger partial charge in [-0.3, -0.25) is 0 Å². The monoisotopic (exact) mass is 271 g/mol. The van der Waals surface area contributed by atoms with Crippen molar-refractivity contribution in [1.82, 2.24) is 4.72 Å². The fraction of sp³-hybridized carbons (Fsp3) is 0.538. The van der Waals surface area contributed by atoms with E-state index in [1.165, 1.54) is 5.56 Å². The third-order valence-corrected chi connectivity index (χ3v) is 4.24. The van der Waals surface area contributed by atoms with Crippen LogP contribution in [0.3, 0.4) is 0 Å². The van der Waals surface area contributed by atoms with E-state index in [1.807, 2.05) is 25.1 Å². The summed E-state index contributed by atoms with van der Waals surface area (Å²) >= 11 is 0. The molecule has 0 aliphatic rings. The number of hydrogen-bond donors (Lipinski definition) is 1. The van der Waals surface area contributed by atoms with E-state index < -0.39 is 10.0 Å². The molecule has 0 radical (unpaired) electrons. The molecule has 102 valence electrons. The summed E-state index contributed by atoms with van der Waals surface area (Å²) in [6.45, 7) is 4.18. The maximum Gasteiger partial charge on any atom is 0.211 e. The van der Waals surface area contributed by atoms with Gasteiger partial charge in [0.25, 0.3) is 0 Å². The van der Waals surface area contributed by atoms with E-state index in [-0.39, 0.29) is 12.3 Å². The third kappa shape index (κ3) is 4.31. The minimum absolute atomic E-state index is 0.156. The Bertz CT molecular complexity index is 483. The first-order valence-electron chi connectivity index (χ1n) is 6.15. The lowest BCUT2D eigenvalue weighted by Gasteiger charge is -2.11. The van der Waals surface area contributed by atoms with Crippen molar-refractivity contribution >= 4 is 10.0 Å². The van der Waals surface area contributed by atoms with E-state index in [1.54, 1.807) is 7.11 Å². The zero-order valence-electron chi connectivity index (χ0n) is 11.2. The van der Waals surface area contributed by atoms with Crippen molar-refractivity contribution in [2.75, 3.05) is 12.9 Å². The van der Waals surface area contributed by atoms with Crippen LogP contribution in [-0.4, -0.2) is 21.3 Å². The lowest BCUT2D eigenvalue weighted by molar-refractivity contribution is 0.409. The Labute approximate surface area is 109 Å². The molecule has 1 N–H and O–H groups in total. The second-order valence-electron chi connectivity index (χ2n) is 4.14. The number of aryl methyl sites for hydroxylation is 1. The van der Waals surface area contributed by atoms with E-state index in [9.17, 15) is 8.42 Å². The van der Waals surface area contributed by atoms with Gasteiger partial charge in [0, 0.05) is 12.1 Å². The minimum atomic E-state index is -3.18. The Balaban J connectivity index is 2.83. The molecule has 0 fully saturated rings. The van der Waals surface area contributed by atoms with Gasteiger partial charge in [-0.1, -0.05) is 26.0 Å². The molecule has 0 bridgehead atoms. The molecule has 18 heavy (non-hydrogen) atoms. The minimum Gasteiger partial charge on any atom is -0.496 e. The summed E-state index contributed by atoms with van der Waals surface area (Å²) in [5.74, 6) is 0.870. The molecule has 0 aromatic heterocycles. The molecule has 0 unspecified atom stereocenters. The quantitative estimate of drug-likeness (QED) is 0.826. The van der Waals surface area contributed by atoms with Gasteiger partial charge in [0.2, 0.25) is 10.0 Å². The van der Waals surface area contributed by atoms with Gasteiger partial charge in [0.1, 0.15) is 5.75 Å². The summed E-state index contributed by atoms with van der Waals surface area (Å²) in [6, 6.07) is 5.85. The van der Waals surface area contributed by atoms with Crippen LogP contribution in [-0.2, 0) is 23.0 Å². The van der Waals surface area contributed by atoms with E-state index in [4.69, 9.17) is 4.74 Å². The number of hydrogen-bond acceptors (Lipinski definition) is 3. The molecule has 0 atom stereocenters. The molecule has 0 aliphatic heterocycles. The first-order chi connectivity index (χ1) is 8.52. The average molecular weight is 271 g/mol. The van der Waals surface area contributed by atoms with Crippen molar-refractivity contribution < 1.29 is 13.2 Å². The molecule has 0 heterocycles. The molecule has 0 spiro atoms. The highest BCUT2D eigenvalue weighted by atomic mass is 32.2. The molecule has 0 aliphatic carbocycles. The Morgan fingerprint density at radius 2 is 2.00 bits per heavy atom. The van der Waals surface area contributed by atoms with Gasteiger partial charge >= 0.3 is 0 Å². The van der Waals surface area contributed by atoms with Crippen LogP contribution < -0.4 is 9.46 Å². The Morgan fingerprint density at radius 3 is 2.56 bits per heavy atom. The van der Waals surface area contributed by atoms with Crippen LogP contribution >= 0.6 is 0 Å². The predicted octanol–water partition coefficient (Wildman–Crippen LogP) is 2.09. The highest BCUT2D eigenvalue weighted by Gasteiger charge is 2.10. The van der Waals surface area contributed by atoms with Crippen molar-refractivity contribution in [1.29, 1.82) is 0 Å². The number of methoxy groups -OCH3 is 1. The van der Waals surface area contributed by atoms with Crippen molar-refractivity contribution in [3.05, 3.63) is 29.3 Å². The van der Waals surface area contributed by atoms with E-state index >= 15 is 0 Å². The largest absolute Gasteiger partial charge is 0.496 e. The number of sulfonamides is 1. The standard InChI is InChI=1S/C13H21NO3S/c1-4-8-18(15,16)14-10-12-9-11(5-2)6-7-13(12)17-3/h6-7,9,14H,4-5,8,10H2,1-3H3. The van der Waals surface area contributed by atoms with Gasteiger partial charge in [-0.05, 0) is 24.5 Å². The highest BCUT2D eigenvalue weighted by molar-refractivity contribution is 7.89. The van der Waals surface area contributed by atoms with Gasteiger partial charge in [-0.15, -0.1) is 0 Å². The molecule has 5 heteroatoms. The summed E-state index contributed by atoms with van der Waals surface area (Å²) in [5.41, 5.74) is 2.04. The number of benzene rings is 1. The molecule has 0 saturated carbocycles. The molecular formula is C13H21NO3S. The van der Waals surface area contributed by atoms with Gasteiger partial charge in [-0.2, -0.15) is 0 Å². The fourth-order valence-corrected chi connectivity index (χ4v) is 2.78. The molecule has 1 aromatic rings. The summed E-state index contributed by atoms with van der Waals surface area (Å²) in [6.07, 6.45) is 1.53. The lowest BCUT2D eigenvalue weighted by atomic mass is 10.1. The first kappa shape index (κ1) is 15.0. The van der Waals surface area contributed by atoms with E-state index in [2.05, 4.69) is 11.6 Å². The molecule has 4 nitrogen and oxygen atoms in total. The topological polar surface area (TPSA) is 55.4 Å². The van der Waals surface area contributed by atoms with Gasteiger partial charge in [0.15, 0.2) is 0 Å². The van der Waals surface area contributed by atoms with Crippen LogP contribution in [0.2, 0.25) is 0 Å². The van der Waals surface area contributed by atoms with Gasteiger partial charge in [0.05, 0.1) is 12.9 Å². The Hall–Kier alpha value is -1.07. The van der Waals surface area contributed by atoms with E-state index in [0.717, 1.165) is 12.0 Å². The first-order valence-corrected chi connectivity index (χ1v) is 7.80. The summed E-state index contributed by atoms with van der Waals surface area (Å²) in [7, 11) is -1.59. The summed E-state index contributed by atoms with van der Waals surface area (Å²) in [4.78, 5) is 0. The van der Waals surface area contributed by atoms with Crippen LogP contribution in [0.15, 0.2) is 18.2 Å².